The molecule has 1 unspecified atom stereocenters. The van der Waals surface area contributed by atoms with E-state index in [0.29, 0.717) is 78.5 Å². The lowest BCUT2D eigenvalue weighted by Crippen LogP contribution is -2.42. The van der Waals surface area contributed by atoms with E-state index in [1.807, 2.05) is 98.9 Å². The van der Waals surface area contributed by atoms with E-state index in [1.165, 1.54) is 11.3 Å². The largest absolute Gasteiger partial charge is 0.493 e. The highest BCUT2D eigenvalue weighted by atomic mass is 32.1. The number of piperidine rings is 2. The van der Waals surface area contributed by atoms with Crippen LogP contribution in [0.25, 0.3) is 32.2 Å². The summed E-state index contributed by atoms with van der Waals surface area (Å²) in [4.78, 5) is 65.0. The number of aryl methyl sites for hydroxylation is 1. The van der Waals surface area contributed by atoms with Gasteiger partial charge in [-0.05, 0) is 153 Å². The van der Waals surface area contributed by atoms with Gasteiger partial charge in [0.15, 0.2) is 11.4 Å². The molecule has 1 aliphatic carbocycles. The molecule has 2 atom stereocenters. The van der Waals surface area contributed by atoms with E-state index in [4.69, 9.17) is 9.72 Å². The minimum Gasteiger partial charge on any atom is -0.493 e. The van der Waals surface area contributed by atoms with Gasteiger partial charge in [0.1, 0.15) is 17.3 Å². The van der Waals surface area contributed by atoms with Crippen molar-refractivity contribution in [2.45, 2.75) is 77.0 Å². The van der Waals surface area contributed by atoms with Crippen LogP contribution < -0.4 is 25.6 Å². The summed E-state index contributed by atoms with van der Waals surface area (Å²) in [6.07, 6.45) is 4.89. The standard InChI is InChI=1S/C55H57N9O7S/c1-32-36(37-15-17-46(58-50(37)53(69)70)64-24-20-34-7-5-9-38(41(34)29-64)51(67)60-54-57-42-10-3-4-12-45(42)72-54)8-6-11-44(32)71-31-33-19-21-55(28-33)22-25-63(26-23-55)30-48(66)56-35-13-14-39-43(27-35)62(2)61-49(39)40-16-18-47(65)59-52(40)68/h3-15,17,27,33,40,53,69-70H,16,18-26,28-31H2,1-2H3,(H,56,66)(H,57,60,67)(H,59,65,68)/t33-,40?/m0/s1. The molecule has 1 spiro atoms. The zero-order chi connectivity index (χ0) is 49.7. The third-order valence-corrected chi connectivity index (χ3v) is 16.3. The van der Waals surface area contributed by atoms with Gasteiger partial charge in [-0.25, -0.2) is 9.97 Å². The molecule has 72 heavy (non-hydrogen) atoms. The Morgan fingerprint density at radius 1 is 0.903 bits per heavy atom. The normalized spacial score (nSPS) is 19.0. The fourth-order valence-corrected chi connectivity index (χ4v) is 12.4. The van der Waals surface area contributed by atoms with E-state index in [0.717, 1.165) is 94.3 Å². The van der Waals surface area contributed by atoms with Crippen LogP contribution in [0.2, 0.25) is 0 Å². The fourth-order valence-electron chi connectivity index (χ4n) is 11.5. The first-order valence-corrected chi connectivity index (χ1v) is 25.6. The molecule has 3 aliphatic heterocycles. The number of thiazole rings is 1. The Balaban J connectivity index is 0.689. The van der Waals surface area contributed by atoms with Gasteiger partial charge in [-0.15, -0.1) is 0 Å². The average molecular weight is 988 g/mol. The quantitative estimate of drug-likeness (QED) is 0.0589. The van der Waals surface area contributed by atoms with Gasteiger partial charge in [-0.2, -0.15) is 5.10 Å². The van der Waals surface area contributed by atoms with Crippen LogP contribution in [0.5, 0.6) is 5.75 Å². The van der Waals surface area contributed by atoms with Crippen molar-refractivity contribution in [3.8, 4) is 16.9 Å². The maximum absolute atomic E-state index is 13.7. The maximum atomic E-state index is 13.7. The van der Waals surface area contributed by atoms with Crippen molar-refractivity contribution in [3.63, 3.8) is 0 Å². The average Bonchev–Trinajstić information content (AvgIpc) is 4.08. The number of nitrogens with one attached hydrogen (secondary N) is 3. The number of pyridine rings is 1. The number of aliphatic hydroxyl groups is 2. The van der Waals surface area contributed by atoms with Gasteiger partial charge in [0.05, 0.1) is 40.5 Å². The third-order valence-electron chi connectivity index (χ3n) is 15.4. The summed E-state index contributed by atoms with van der Waals surface area (Å²) in [6, 6.07) is 28.8. The number of fused-ring (bicyclic) bond motifs is 3. The Hall–Kier alpha value is -7.05. The fraction of sp³-hybridized carbons (Fsp3) is 0.364. The van der Waals surface area contributed by atoms with Crippen LogP contribution in [0.1, 0.15) is 95.6 Å². The summed E-state index contributed by atoms with van der Waals surface area (Å²) in [5.41, 5.74) is 8.20. The molecule has 3 aromatic heterocycles. The third kappa shape index (κ3) is 9.44. The number of anilines is 3. The molecule has 4 aromatic carbocycles. The van der Waals surface area contributed by atoms with Crippen molar-refractivity contribution >= 4 is 72.7 Å². The van der Waals surface area contributed by atoms with Crippen LogP contribution in [0, 0.1) is 18.3 Å². The van der Waals surface area contributed by atoms with Gasteiger partial charge in [0.2, 0.25) is 17.7 Å². The van der Waals surface area contributed by atoms with E-state index in [2.05, 4.69) is 41.9 Å². The first-order chi connectivity index (χ1) is 34.9. The molecule has 2 saturated heterocycles. The highest BCUT2D eigenvalue weighted by molar-refractivity contribution is 7.22. The van der Waals surface area contributed by atoms with Gasteiger partial charge < -0.3 is 25.2 Å². The zero-order valence-electron chi connectivity index (χ0n) is 40.3. The van der Waals surface area contributed by atoms with Gasteiger partial charge in [-0.3, -0.25) is 39.4 Å². The van der Waals surface area contributed by atoms with Crippen LogP contribution >= 0.6 is 11.3 Å². The number of rotatable bonds is 12. The molecule has 17 heteroatoms. The second kappa shape index (κ2) is 19.5. The Labute approximate surface area is 420 Å². The number of carbonyl (C=O) groups excluding carboxylic acids is 4. The molecule has 1 saturated carbocycles. The number of para-hydroxylation sites is 1. The second-order valence-electron chi connectivity index (χ2n) is 19.9. The lowest BCUT2D eigenvalue weighted by Gasteiger charge is -2.39. The summed E-state index contributed by atoms with van der Waals surface area (Å²) < 4.78 is 9.28. The van der Waals surface area contributed by atoms with Gasteiger partial charge in [-0.1, -0.05) is 47.7 Å². The summed E-state index contributed by atoms with van der Waals surface area (Å²) in [7, 11) is 1.81. The highest BCUT2D eigenvalue weighted by Gasteiger charge is 2.42. The molecular formula is C55H57N9O7S. The lowest BCUT2D eigenvalue weighted by atomic mass is 9.76. The molecule has 3 fully saturated rings. The molecule has 7 aromatic rings. The second-order valence-corrected chi connectivity index (χ2v) is 21.0. The predicted molar refractivity (Wildman–Crippen MR) is 276 cm³/mol. The molecule has 4 aliphatic rings. The molecule has 0 radical (unpaired) electrons. The molecule has 6 heterocycles. The number of carbonyl (C=O) groups is 4. The van der Waals surface area contributed by atoms with Crippen molar-refractivity contribution in [2.75, 3.05) is 48.3 Å². The first-order valence-electron chi connectivity index (χ1n) is 24.8. The Kier molecular flexibility index (Phi) is 12.8. The number of likely N-dealkylation sites (tertiary alicyclic amines) is 1. The minimum atomic E-state index is -1.82. The molecule has 370 valence electrons. The number of imide groups is 1. The Morgan fingerprint density at radius 2 is 1.74 bits per heavy atom. The van der Waals surface area contributed by atoms with Crippen molar-refractivity contribution < 1.29 is 34.1 Å². The summed E-state index contributed by atoms with van der Waals surface area (Å²) in [6.45, 7) is 5.65. The number of nitrogens with zero attached hydrogens (tertiary/aromatic N) is 6. The SMILES string of the molecule is Cc1c(OC[C@H]2CCC3(CCN(CC(=O)Nc4ccc5c(C6CCC(=O)NC6=O)nn(C)c5c4)CC3)C2)cccc1-c1ccc(N2CCc3cccc(C(=O)Nc4nc5ccccc5s4)c3C2)nc1C(O)O. The predicted octanol–water partition coefficient (Wildman–Crippen LogP) is 7.77. The van der Waals surface area contributed by atoms with E-state index in [1.54, 1.807) is 4.68 Å². The highest BCUT2D eigenvalue weighted by Crippen LogP contribution is 2.49. The van der Waals surface area contributed by atoms with Crippen LogP contribution in [-0.2, 0) is 34.4 Å². The van der Waals surface area contributed by atoms with Crippen LogP contribution in [-0.4, -0.2) is 91.3 Å². The van der Waals surface area contributed by atoms with Crippen molar-refractivity contribution in [1.29, 1.82) is 0 Å². The number of aliphatic hydroxyl groups excluding tert-OH is 1. The van der Waals surface area contributed by atoms with Crippen molar-refractivity contribution in [2.24, 2.45) is 18.4 Å². The van der Waals surface area contributed by atoms with Crippen LogP contribution in [0.15, 0.2) is 91.0 Å². The molecule has 16 nitrogen and oxygen atoms in total. The monoisotopic (exact) mass is 987 g/mol. The zero-order valence-corrected chi connectivity index (χ0v) is 41.1. The Morgan fingerprint density at radius 3 is 2.56 bits per heavy atom. The molecule has 5 N–H and O–H groups in total. The number of aromatic nitrogens is 4. The number of benzene rings is 4. The number of hydrogen-bond acceptors (Lipinski definition) is 13. The Bertz CT molecular complexity index is 3230. The van der Waals surface area contributed by atoms with Crippen molar-refractivity contribution in [1.82, 2.24) is 30.0 Å². The van der Waals surface area contributed by atoms with Gasteiger partial charge in [0.25, 0.3) is 5.91 Å². The molecule has 0 bridgehead atoms. The first kappa shape index (κ1) is 47.3. The number of hydrogen-bond donors (Lipinski definition) is 5. The number of amides is 4. The number of ether oxygens (including phenoxy) is 1. The van der Waals surface area contributed by atoms with Gasteiger partial charge >= 0.3 is 0 Å². The minimum absolute atomic E-state index is 0.0765. The molecule has 11 rings (SSSR count). The topological polar surface area (TPSA) is 204 Å². The van der Waals surface area contributed by atoms with E-state index in [-0.39, 0.29) is 41.2 Å². The van der Waals surface area contributed by atoms with Gasteiger partial charge in [0, 0.05) is 48.8 Å². The van der Waals surface area contributed by atoms with Crippen molar-refractivity contribution in [3.05, 3.63) is 125 Å². The van der Waals surface area contributed by atoms with E-state index >= 15 is 0 Å². The van der Waals surface area contributed by atoms with Crippen LogP contribution in [0.4, 0.5) is 16.6 Å². The van der Waals surface area contributed by atoms with Crippen LogP contribution in [0.3, 0.4) is 0 Å². The lowest BCUT2D eigenvalue weighted by molar-refractivity contribution is -0.134. The van der Waals surface area contributed by atoms with E-state index in [9.17, 15) is 29.4 Å². The summed E-state index contributed by atoms with van der Waals surface area (Å²) in [5, 5.41) is 36.0. The molecular weight excluding hydrogens is 931 g/mol. The smallest absolute Gasteiger partial charge is 0.257 e. The summed E-state index contributed by atoms with van der Waals surface area (Å²) in [5.74, 6) is 0.351. The van der Waals surface area contributed by atoms with E-state index < -0.39 is 12.2 Å². The summed E-state index contributed by atoms with van der Waals surface area (Å²) >= 11 is 1.44. The maximum Gasteiger partial charge on any atom is 0.257 e. The molecule has 4 amide bonds.